The molecular weight excluding hydrogens is 311 g/mol. The first-order valence-electron chi connectivity index (χ1n) is 6.53. The molecule has 1 saturated heterocycles. The molecule has 0 saturated carbocycles. The minimum absolute atomic E-state index is 0.142. The standard InChI is InChI=1S/C14H18BrFN2O/c1-9-5-3-4-8-18(9)14(19)17-12-7-6-11(15)13(16)10(12)2/h6-7,9H,3-5,8H2,1-2H3,(H,17,19). The molecule has 1 N–H and O–H groups in total. The predicted octanol–water partition coefficient (Wildman–Crippen LogP) is 4.30. The van der Waals surface area contributed by atoms with Crippen LogP contribution in [0.5, 0.6) is 0 Å². The molecule has 0 aliphatic carbocycles. The molecule has 1 aliphatic rings. The molecule has 0 spiro atoms. The number of hydrogen-bond donors (Lipinski definition) is 1. The molecular formula is C14H18BrFN2O. The zero-order chi connectivity index (χ0) is 14.0. The van der Waals surface area contributed by atoms with Gasteiger partial charge in [-0.25, -0.2) is 9.18 Å². The maximum Gasteiger partial charge on any atom is 0.322 e. The number of hydrogen-bond acceptors (Lipinski definition) is 1. The Balaban J connectivity index is 2.12. The number of urea groups is 1. The van der Waals surface area contributed by atoms with Gasteiger partial charge in [0.15, 0.2) is 0 Å². The number of likely N-dealkylation sites (tertiary alicyclic amines) is 1. The Hall–Kier alpha value is -1.10. The van der Waals surface area contributed by atoms with Crippen molar-refractivity contribution in [1.82, 2.24) is 4.90 Å². The quantitative estimate of drug-likeness (QED) is 0.818. The molecule has 2 rings (SSSR count). The summed E-state index contributed by atoms with van der Waals surface area (Å²) < 4.78 is 14.2. The first-order valence-corrected chi connectivity index (χ1v) is 7.32. The average Bonchev–Trinajstić information content (AvgIpc) is 2.40. The zero-order valence-electron chi connectivity index (χ0n) is 11.2. The highest BCUT2D eigenvalue weighted by Crippen LogP contribution is 2.26. The van der Waals surface area contributed by atoms with Crippen molar-refractivity contribution in [3.63, 3.8) is 0 Å². The number of halogens is 2. The van der Waals surface area contributed by atoms with Crippen LogP contribution in [-0.4, -0.2) is 23.5 Å². The SMILES string of the molecule is Cc1c(NC(=O)N2CCCCC2C)ccc(Br)c1F. The first-order chi connectivity index (χ1) is 9.00. The van der Waals surface area contributed by atoms with Gasteiger partial charge in [0.25, 0.3) is 0 Å². The van der Waals surface area contributed by atoms with Crippen LogP contribution in [0.2, 0.25) is 0 Å². The fourth-order valence-electron chi connectivity index (χ4n) is 2.37. The van der Waals surface area contributed by atoms with Crippen molar-refractivity contribution in [2.45, 2.75) is 39.2 Å². The third-order valence-electron chi connectivity index (χ3n) is 3.64. The van der Waals surface area contributed by atoms with Crippen LogP contribution in [0.1, 0.15) is 31.7 Å². The third-order valence-corrected chi connectivity index (χ3v) is 4.26. The number of amides is 2. The smallest absolute Gasteiger partial charge is 0.322 e. The van der Waals surface area contributed by atoms with Gasteiger partial charge in [0.05, 0.1) is 4.47 Å². The second-order valence-corrected chi connectivity index (χ2v) is 5.86. The van der Waals surface area contributed by atoms with Gasteiger partial charge in [-0.05, 0) is 61.2 Å². The normalized spacial score (nSPS) is 19.4. The lowest BCUT2D eigenvalue weighted by molar-refractivity contribution is 0.170. The van der Waals surface area contributed by atoms with Gasteiger partial charge in [-0.3, -0.25) is 0 Å². The summed E-state index contributed by atoms with van der Waals surface area (Å²) in [6.07, 6.45) is 3.23. The van der Waals surface area contributed by atoms with Crippen molar-refractivity contribution in [2.75, 3.05) is 11.9 Å². The highest BCUT2D eigenvalue weighted by molar-refractivity contribution is 9.10. The number of anilines is 1. The Kier molecular flexibility index (Phi) is 4.45. The topological polar surface area (TPSA) is 32.3 Å². The number of carbonyl (C=O) groups is 1. The molecule has 0 radical (unpaired) electrons. The second kappa shape index (κ2) is 5.90. The van der Waals surface area contributed by atoms with E-state index in [1.54, 1.807) is 19.1 Å². The Labute approximate surface area is 121 Å². The number of nitrogens with one attached hydrogen (secondary N) is 1. The van der Waals surface area contributed by atoms with Gasteiger partial charge in [0.1, 0.15) is 5.82 Å². The molecule has 5 heteroatoms. The Bertz CT molecular complexity index is 493. The molecule has 1 atom stereocenters. The van der Waals surface area contributed by atoms with E-state index in [0.717, 1.165) is 25.8 Å². The summed E-state index contributed by atoms with van der Waals surface area (Å²) in [5, 5.41) is 2.80. The van der Waals surface area contributed by atoms with Crippen LogP contribution in [0, 0.1) is 12.7 Å². The van der Waals surface area contributed by atoms with Crippen LogP contribution < -0.4 is 5.32 Å². The third kappa shape index (κ3) is 3.08. The van der Waals surface area contributed by atoms with E-state index in [0.29, 0.717) is 15.7 Å². The van der Waals surface area contributed by atoms with Gasteiger partial charge in [0, 0.05) is 23.8 Å². The van der Waals surface area contributed by atoms with E-state index in [2.05, 4.69) is 21.2 Å². The molecule has 3 nitrogen and oxygen atoms in total. The van der Waals surface area contributed by atoms with E-state index < -0.39 is 0 Å². The lowest BCUT2D eigenvalue weighted by atomic mass is 10.0. The van der Waals surface area contributed by atoms with Gasteiger partial charge in [-0.2, -0.15) is 0 Å². The van der Waals surface area contributed by atoms with E-state index in [1.165, 1.54) is 0 Å². The molecule has 1 heterocycles. The van der Waals surface area contributed by atoms with Crippen molar-refractivity contribution < 1.29 is 9.18 Å². The minimum Gasteiger partial charge on any atom is -0.322 e. The Morgan fingerprint density at radius 2 is 2.21 bits per heavy atom. The minimum atomic E-state index is -0.329. The van der Waals surface area contributed by atoms with Gasteiger partial charge in [0.2, 0.25) is 0 Å². The van der Waals surface area contributed by atoms with Gasteiger partial charge in [-0.1, -0.05) is 0 Å². The van der Waals surface area contributed by atoms with Gasteiger partial charge >= 0.3 is 6.03 Å². The number of carbonyl (C=O) groups excluding carboxylic acids is 1. The predicted molar refractivity (Wildman–Crippen MR) is 77.9 cm³/mol. The number of nitrogens with zero attached hydrogens (tertiary/aromatic N) is 1. The van der Waals surface area contributed by atoms with Gasteiger partial charge in [-0.15, -0.1) is 0 Å². The van der Waals surface area contributed by atoms with E-state index in [1.807, 2.05) is 11.8 Å². The molecule has 2 amide bonds. The van der Waals surface area contributed by atoms with Crippen LogP contribution in [0.15, 0.2) is 16.6 Å². The number of rotatable bonds is 1. The summed E-state index contributed by atoms with van der Waals surface area (Å²) in [5.41, 5.74) is 0.982. The van der Waals surface area contributed by atoms with Crippen LogP contribution in [-0.2, 0) is 0 Å². The summed E-state index contributed by atoms with van der Waals surface area (Å²) in [7, 11) is 0. The van der Waals surface area contributed by atoms with Crippen molar-refractivity contribution in [2.24, 2.45) is 0 Å². The molecule has 19 heavy (non-hydrogen) atoms. The van der Waals surface area contributed by atoms with E-state index in [9.17, 15) is 9.18 Å². The monoisotopic (exact) mass is 328 g/mol. The maximum atomic E-state index is 13.7. The van der Waals surface area contributed by atoms with Crippen LogP contribution in [0.25, 0.3) is 0 Å². The summed E-state index contributed by atoms with van der Waals surface area (Å²) in [6.45, 7) is 4.48. The second-order valence-electron chi connectivity index (χ2n) is 5.00. The first kappa shape index (κ1) is 14.3. The lowest BCUT2D eigenvalue weighted by Gasteiger charge is -2.33. The highest BCUT2D eigenvalue weighted by atomic mass is 79.9. The maximum absolute atomic E-state index is 13.7. The largest absolute Gasteiger partial charge is 0.322 e. The summed E-state index contributed by atoms with van der Waals surface area (Å²) in [5.74, 6) is -0.329. The Morgan fingerprint density at radius 1 is 1.47 bits per heavy atom. The lowest BCUT2D eigenvalue weighted by Crippen LogP contribution is -2.44. The van der Waals surface area contributed by atoms with E-state index >= 15 is 0 Å². The molecule has 104 valence electrons. The summed E-state index contributed by atoms with van der Waals surface area (Å²) >= 11 is 3.13. The van der Waals surface area contributed by atoms with Crippen LogP contribution in [0.3, 0.4) is 0 Å². The molecule has 0 aromatic heterocycles. The average molecular weight is 329 g/mol. The van der Waals surface area contributed by atoms with Gasteiger partial charge < -0.3 is 10.2 Å². The van der Waals surface area contributed by atoms with Crippen molar-refractivity contribution in [1.29, 1.82) is 0 Å². The molecule has 1 aliphatic heterocycles. The fourth-order valence-corrected chi connectivity index (χ4v) is 2.80. The number of piperidine rings is 1. The zero-order valence-corrected chi connectivity index (χ0v) is 12.8. The molecule has 1 aromatic carbocycles. The molecule has 1 unspecified atom stereocenters. The van der Waals surface area contributed by atoms with Crippen LogP contribution >= 0.6 is 15.9 Å². The van der Waals surface area contributed by atoms with E-state index in [-0.39, 0.29) is 17.9 Å². The highest BCUT2D eigenvalue weighted by Gasteiger charge is 2.23. The molecule has 1 aromatic rings. The molecule has 1 fully saturated rings. The summed E-state index contributed by atoms with van der Waals surface area (Å²) in [4.78, 5) is 14.0. The van der Waals surface area contributed by atoms with Crippen LogP contribution in [0.4, 0.5) is 14.9 Å². The summed E-state index contributed by atoms with van der Waals surface area (Å²) in [6, 6.07) is 3.43. The molecule has 0 bridgehead atoms. The Morgan fingerprint density at radius 3 is 2.89 bits per heavy atom. The van der Waals surface area contributed by atoms with Crippen molar-refractivity contribution in [3.05, 3.63) is 28.0 Å². The van der Waals surface area contributed by atoms with Crippen molar-refractivity contribution >= 4 is 27.6 Å². The van der Waals surface area contributed by atoms with E-state index in [4.69, 9.17) is 0 Å². The number of benzene rings is 1. The van der Waals surface area contributed by atoms with Crippen molar-refractivity contribution in [3.8, 4) is 0 Å². The fraction of sp³-hybridized carbons (Fsp3) is 0.500.